The summed E-state index contributed by atoms with van der Waals surface area (Å²) in [5.74, 6) is 0.415. The first kappa shape index (κ1) is 8.50. The minimum Gasteiger partial charge on any atom is -0.423 e. The highest BCUT2D eigenvalue weighted by atomic mass is 16.4. The van der Waals surface area contributed by atoms with Crippen LogP contribution < -0.4 is 5.73 Å². The zero-order chi connectivity index (χ0) is 9.97. The topological polar surface area (TPSA) is 69.1 Å². The number of nitrogen functional groups attached to an aromatic ring is 1. The fraction of sp³-hybridized carbons (Fsp3) is 0. The van der Waals surface area contributed by atoms with Gasteiger partial charge in [0.1, 0.15) is 0 Å². The minimum absolute atomic E-state index is 0.00551. The molecule has 0 radical (unpaired) electrons. The molecule has 14 heavy (non-hydrogen) atoms. The second-order valence-corrected chi connectivity index (χ2v) is 2.75. The second-order valence-electron chi connectivity index (χ2n) is 2.75. The molecular formula is C10H8N2O2. The first-order valence-corrected chi connectivity index (χ1v) is 4.08. The molecule has 4 heteroatoms. The highest BCUT2D eigenvalue weighted by Gasteiger charge is 2.11. The fourth-order valence-corrected chi connectivity index (χ4v) is 1.23. The second kappa shape index (κ2) is 3.33. The number of hydrogen-bond acceptors (Lipinski definition) is 4. The Labute approximate surface area is 80.4 Å². The number of oxazole rings is 1. The van der Waals surface area contributed by atoms with E-state index in [2.05, 4.69) is 4.98 Å². The van der Waals surface area contributed by atoms with Crippen molar-refractivity contribution in [1.82, 2.24) is 4.98 Å². The number of rotatable bonds is 2. The van der Waals surface area contributed by atoms with E-state index in [0.717, 1.165) is 5.56 Å². The normalized spacial score (nSPS) is 10.0. The van der Waals surface area contributed by atoms with Crippen LogP contribution in [0.3, 0.4) is 0 Å². The first-order valence-electron chi connectivity index (χ1n) is 4.08. The number of carbonyl (C=O) groups excluding carboxylic acids is 1. The van der Waals surface area contributed by atoms with Crippen LogP contribution in [0.5, 0.6) is 0 Å². The van der Waals surface area contributed by atoms with Crippen LogP contribution in [0, 0.1) is 0 Å². The molecule has 0 saturated heterocycles. The number of aromatic nitrogens is 1. The molecule has 1 heterocycles. The molecule has 2 aromatic rings. The summed E-state index contributed by atoms with van der Waals surface area (Å²) in [5.41, 5.74) is 6.38. The van der Waals surface area contributed by atoms with Crippen molar-refractivity contribution in [3.63, 3.8) is 0 Å². The van der Waals surface area contributed by atoms with E-state index < -0.39 is 0 Å². The summed E-state index contributed by atoms with van der Waals surface area (Å²) in [4.78, 5) is 14.4. The number of benzene rings is 1. The molecule has 4 nitrogen and oxygen atoms in total. The third kappa shape index (κ3) is 1.37. The van der Waals surface area contributed by atoms with Gasteiger partial charge in [-0.05, 0) is 0 Å². The SMILES string of the molecule is Nc1nc(C=O)c(-c2ccccc2)o1. The minimum atomic E-state index is 0.00551. The van der Waals surface area contributed by atoms with Gasteiger partial charge < -0.3 is 10.2 Å². The third-order valence-corrected chi connectivity index (χ3v) is 1.82. The van der Waals surface area contributed by atoms with Gasteiger partial charge in [0, 0.05) is 5.56 Å². The molecule has 2 N–H and O–H groups in total. The number of carbonyl (C=O) groups is 1. The highest BCUT2D eigenvalue weighted by molar-refractivity contribution is 5.83. The predicted molar refractivity (Wildman–Crippen MR) is 51.7 cm³/mol. The zero-order valence-corrected chi connectivity index (χ0v) is 7.31. The average molecular weight is 188 g/mol. The maximum absolute atomic E-state index is 10.6. The molecule has 0 fully saturated rings. The number of anilines is 1. The van der Waals surface area contributed by atoms with Gasteiger partial charge in [0.15, 0.2) is 17.7 Å². The summed E-state index contributed by atoms with van der Waals surface area (Å²) in [7, 11) is 0. The Morgan fingerprint density at radius 3 is 2.64 bits per heavy atom. The number of nitrogens with zero attached hydrogens (tertiary/aromatic N) is 1. The van der Waals surface area contributed by atoms with E-state index in [1.165, 1.54) is 0 Å². The lowest BCUT2D eigenvalue weighted by Crippen LogP contribution is -1.85. The van der Waals surface area contributed by atoms with Gasteiger partial charge in [0.05, 0.1) is 0 Å². The lowest BCUT2D eigenvalue weighted by Gasteiger charge is -1.94. The van der Waals surface area contributed by atoms with E-state index in [4.69, 9.17) is 10.2 Å². The van der Waals surface area contributed by atoms with Gasteiger partial charge >= 0.3 is 0 Å². The fourth-order valence-electron chi connectivity index (χ4n) is 1.23. The molecule has 0 bridgehead atoms. The van der Waals surface area contributed by atoms with Crippen LogP contribution in [0.4, 0.5) is 6.01 Å². The summed E-state index contributed by atoms with van der Waals surface area (Å²) in [5, 5.41) is 0. The first-order chi connectivity index (χ1) is 6.81. The molecule has 0 aliphatic rings. The molecule has 0 aliphatic heterocycles. The summed E-state index contributed by atoms with van der Waals surface area (Å²) in [6, 6.07) is 9.24. The van der Waals surface area contributed by atoms with Gasteiger partial charge in [-0.1, -0.05) is 30.3 Å². The average Bonchev–Trinajstić information content (AvgIpc) is 2.61. The Balaban J connectivity index is 2.56. The van der Waals surface area contributed by atoms with Crippen molar-refractivity contribution in [3.05, 3.63) is 36.0 Å². The molecule has 1 aromatic heterocycles. The Hall–Kier alpha value is -2.10. The molecule has 70 valence electrons. The van der Waals surface area contributed by atoms with E-state index in [9.17, 15) is 4.79 Å². The number of hydrogen-bond donors (Lipinski definition) is 1. The van der Waals surface area contributed by atoms with Crippen LogP contribution in [-0.2, 0) is 0 Å². The number of aldehydes is 1. The van der Waals surface area contributed by atoms with Crippen LogP contribution in [0.25, 0.3) is 11.3 Å². The summed E-state index contributed by atoms with van der Waals surface area (Å²) in [6.07, 6.45) is 0.627. The highest BCUT2D eigenvalue weighted by Crippen LogP contribution is 2.24. The lowest BCUT2D eigenvalue weighted by atomic mass is 10.1. The molecule has 0 saturated carbocycles. The Morgan fingerprint density at radius 1 is 1.29 bits per heavy atom. The van der Waals surface area contributed by atoms with Gasteiger partial charge in [0.25, 0.3) is 6.01 Å². The molecule has 2 rings (SSSR count). The van der Waals surface area contributed by atoms with E-state index in [1.807, 2.05) is 30.3 Å². The van der Waals surface area contributed by atoms with Crippen LogP contribution in [0.2, 0.25) is 0 Å². The van der Waals surface area contributed by atoms with Crippen molar-refractivity contribution >= 4 is 12.3 Å². The van der Waals surface area contributed by atoms with Gasteiger partial charge in [-0.3, -0.25) is 4.79 Å². The quantitative estimate of drug-likeness (QED) is 0.728. The van der Waals surface area contributed by atoms with Crippen molar-refractivity contribution in [3.8, 4) is 11.3 Å². The van der Waals surface area contributed by atoms with Crippen molar-refractivity contribution in [2.24, 2.45) is 0 Å². The molecule has 0 unspecified atom stereocenters. The molecule has 0 atom stereocenters. The van der Waals surface area contributed by atoms with Crippen molar-refractivity contribution in [2.75, 3.05) is 5.73 Å². The largest absolute Gasteiger partial charge is 0.423 e. The number of nitrogens with two attached hydrogens (primary N) is 1. The van der Waals surface area contributed by atoms with Crippen LogP contribution in [-0.4, -0.2) is 11.3 Å². The maximum atomic E-state index is 10.6. The van der Waals surface area contributed by atoms with E-state index in [-0.39, 0.29) is 11.7 Å². The Morgan fingerprint density at radius 2 is 2.00 bits per heavy atom. The maximum Gasteiger partial charge on any atom is 0.293 e. The Bertz CT molecular complexity index is 448. The third-order valence-electron chi connectivity index (χ3n) is 1.82. The smallest absolute Gasteiger partial charge is 0.293 e. The molecular weight excluding hydrogens is 180 g/mol. The van der Waals surface area contributed by atoms with E-state index in [0.29, 0.717) is 12.0 Å². The van der Waals surface area contributed by atoms with Crippen LogP contribution >= 0.6 is 0 Å². The summed E-state index contributed by atoms with van der Waals surface area (Å²) < 4.78 is 5.13. The predicted octanol–water partition coefficient (Wildman–Crippen LogP) is 1.74. The van der Waals surface area contributed by atoms with Gasteiger partial charge in [0.2, 0.25) is 0 Å². The lowest BCUT2D eigenvalue weighted by molar-refractivity contribution is 0.112. The molecule has 0 aliphatic carbocycles. The zero-order valence-electron chi connectivity index (χ0n) is 7.31. The molecule has 0 spiro atoms. The van der Waals surface area contributed by atoms with Crippen molar-refractivity contribution in [1.29, 1.82) is 0 Å². The standard InChI is InChI=1S/C10H8N2O2/c11-10-12-8(6-13)9(14-10)7-4-2-1-3-5-7/h1-6H,(H2,11,12). The van der Waals surface area contributed by atoms with Gasteiger partial charge in [-0.25, -0.2) is 0 Å². The van der Waals surface area contributed by atoms with Crippen molar-refractivity contribution in [2.45, 2.75) is 0 Å². The summed E-state index contributed by atoms with van der Waals surface area (Å²) >= 11 is 0. The van der Waals surface area contributed by atoms with Crippen LogP contribution in [0.15, 0.2) is 34.7 Å². The molecule has 1 aromatic carbocycles. The van der Waals surface area contributed by atoms with Crippen molar-refractivity contribution < 1.29 is 9.21 Å². The van der Waals surface area contributed by atoms with E-state index >= 15 is 0 Å². The van der Waals surface area contributed by atoms with Gasteiger partial charge in [-0.15, -0.1) is 0 Å². The van der Waals surface area contributed by atoms with E-state index in [1.54, 1.807) is 0 Å². The summed E-state index contributed by atoms with van der Waals surface area (Å²) in [6.45, 7) is 0. The van der Waals surface area contributed by atoms with Crippen LogP contribution in [0.1, 0.15) is 10.5 Å². The molecule has 0 amide bonds. The Kier molecular flexibility index (Phi) is 2.02. The van der Waals surface area contributed by atoms with Gasteiger partial charge in [-0.2, -0.15) is 4.98 Å². The monoisotopic (exact) mass is 188 g/mol.